The van der Waals surface area contributed by atoms with Crippen LogP contribution in [-0.2, 0) is 4.79 Å². The van der Waals surface area contributed by atoms with Crippen LogP contribution in [0.1, 0.15) is 37.6 Å². The number of nitrogens with one attached hydrogen (secondary N) is 1. The number of rotatable bonds is 2. The Morgan fingerprint density at radius 1 is 1.45 bits per heavy atom. The molecule has 1 N–H and O–H groups in total. The average Bonchev–Trinajstić information content (AvgIpc) is 2.99. The number of amides is 1. The number of fused-ring (bicyclic) bond motifs is 1. The van der Waals surface area contributed by atoms with Crippen LogP contribution in [-0.4, -0.2) is 30.0 Å². The first-order valence-corrected chi connectivity index (χ1v) is 8.42. The summed E-state index contributed by atoms with van der Waals surface area (Å²) in [7, 11) is 1.89. The Bertz CT molecular complexity index is 501. The summed E-state index contributed by atoms with van der Waals surface area (Å²) in [5.41, 5.74) is 0. The van der Waals surface area contributed by atoms with E-state index < -0.39 is 0 Å². The van der Waals surface area contributed by atoms with E-state index in [0.717, 1.165) is 23.7 Å². The predicted molar refractivity (Wildman–Crippen MR) is 82.1 cm³/mol. The van der Waals surface area contributed by atoms with Crippen LogP contribution in [0.25, 0.3) is 0 Å². The van der Waals surface area contributed by atoms with Gasteiger partial charge in [-0.2, -0.15) is 0 Å². The van der Waals surface area contributed by atoms with Crippen molar-refractivity contribution >= 4 is 23.1 Å². The molecule has 3 rings (SSSR count). The topological polar surface area (TPSA) is 45.2 Å². The van der Waals surface area contributed by atoms with E-state index in [0.29, 0.717) is 17.9 Å². The summed E-state index contributed by atoms with van der Waals surface area (Å²) >= 11 is 1.63. The summed E-state index contributed by atoms with van der Waals surface area (Å²) in [6, 6.07) is 0.271. The van der Waals surface area contributed by atoms with Gasteiger partial charge in [0, 0.05) is 11.4 Å². The number of carbonyl (C=O) groups excluding carboxylic acids is 1. The molecule has 110 valence electrons. The first-order chi connectivity index (χ1) is 9.61. The fraction of sp³-hybridized carbons (Fsp3) is 0.733. The van der Waals surface area contributed by atoms with Crippen LogP contribution in [0.4, 0.5) is 5.82 Å². The molecule has 1 amide bonds. The lowest BCUT2D eigenvalue weighted by Gasteiger charge is -2.30. The van der Waals surface area contributed by atoms with E-state index in [1.54, 1.807) is 11.3 Å². The fourth-order valence-electron chi connectivity index (χ4n) is 3.96. The van der Waals surface area contributed by atoms with E-state index in [-0.39, 0.29) is 11.9 Å². The van der Waals surface area contributed by atoms with Gasteiger partial charge in [0.2, 0.25) is 5.91 Å². The minimum atomic E-state index is -0.0809. The van der Waals surface area contributed by atoms with E-state index in [2.05, 4.69) is 17.2 Å². The molecule has 1 saturated heterocycles. The number of thiazole rings is 1. The highest BCUT2D eigenvalue weighted by Gasteiger charge is 2.44. The highest BCUT2D eigenvalue weighted by atomic mass is 32.1. The monoisotopic (exact) mass is 293 g/mol. The number of aryl methyl sites for hydroxylation is 1. The molecule has 1 aliphatic carbocycles. The van der Waals surface area contributed by atoms with Gasteiger partial charge in [0.25, 0.3) is 0 Å². The van der Waals surface area contributed by atoms with Crippen LogP contribution in [0, 0.1) is 18.8 Å². The third-order valence-corrected chi connectivity index (χ3v) is 5.62. The number of hydrogen-bond donors (Lipinski definition) is 1. The minimum Gasteiger partial charge on any atom is -0.309 e. The van der Waals surface area contributed by atoms with E-state index in [4.69, 9.17) is 0 Å². The highest BCUT2D eigenvalue weighted by Crippen LogP contribution is 2.40. The molecule has 1 aromatic rings. The molecule has 0 spiro atoms. The second-order valence-electron chi connectivity index (χ2n) is 6.17. The van der Waals surface area contributed by atoms with Crippen molar-refractivity contribution in [3.63, 3.8) is 0 Å². The molecule has 5 heteroatoms. The zero-order valence-corrected chi connectivity index (χ0v) is 13.2. The third kappa shape index (κ3) is 2.27. The molecule has 2 aliphatic rings. The lowest BCUT2D eigenvalue weighted by Crippen LogP contribution is -2.50. The van der Waals surface area contributed by atoms with Crippen LogP contribution < -0.4 is 10.2 Å². The maximum absolute atomic E-state index is 13.0. The molecule has 0 radical (unpaired) electrons. The van der Waals surface area contributed by atoms with Crippen molar-refractivity contribution in [3.05, 3.63) is 10.4 Å². The SMILES string of the molecule is CNC1C(=O)N(c2csc(C)n2)C2CCCC2CC1C. The van der Waals surface area contributed by atoms with Crippen molar-refractivity contribution in [2.24, 2.45) is 11.8 Å². The molecule has 0 aromatic carbocycles. The largest absolute Gasteiger partial charge is 0.309 e. The number of nitrogens with zero attached hydrogens (tertiary/aromatic N) is 2. The quantitative estimate of drug-likeness (QED) is 0.911. The summed E-state index contributed by atoms with van der Waals surface area (Å²) in [5, 5.41) is 6.29. The third-order valence-electron chi connectivity index (χ3n) is 4.86. The Labute approximate surface area is 124 Å². The van der Waals surface area contributed by atoms with Crippen molar-refractivity contribution in [2.45, 2.75) is 51.6 Å². The Hall–Kier alpha value is -0.940. The zero-order chi connectivity index (χ0) is 14.3. The van der Waals surface area contributed by atoms with Crippen molar-refractivity contribution in [2.75, 3.05) is 11.9 Å². The molecule has 1 aliphatic heterocycles. The van der Waals surface area contributed by atoms with Gasteiger partial charge in [0.1, 0.15) is 5.82 Å². The summed E-state index contributed by atoms with van der Waals surface area (Å²) in [4.78, 5) is 19.5. The van der Waals surface area contributed by atoms with E-state index >= 15 is 0 Å². The molecule has 1 aromatic heterocycles. The summed E-state index contributed by atoms with van der Waals surface area (Å²) in [6.07, 6.45) is 4.75. The number of likely N-dealkylation sites (N-methyl/N-ethyl adjacent to an activating group) is 1. The van der Waals surface area contributed by atoms with Crippen molar-refractivity contribution in [1.82, 2.24) is 10.3 Å². The Kier molecular flexibility index (Phi) is 3.82. The van der Waals surface area contributed by atoms with Crippen LogP contribution in [0.5, 0.6) is 0 Å². The molecular formula is C15H23N3OS. The zero-order valence-electron chi connectivity index (χ0n) is 12.4. The van der Waals surface area contributed by atoms with Crippen LogP contribution in [0.2, 0.25) is 0 Å². The Morgan fingerprint density at radius 3 is 2.90 bits per heavy atom. The molecule has 4 nitrogen and oxygen atoms in total. The highest BCUT2D eigenvalue weighted by molar-refractivity contribution is 7.09. The summed E-state index contributed by atoms with van der Waals surface area (Å²) in [5.74, 6) is 2.10. The van der Waals surface area contributed by atoms with Gasteiger partial charge in [-0.1, -0.05) is 13.3 Å². The number of aromatic nitrogens is 1. The van der Waals surface area contributed by atoms with Gasteiger partial charge < -0.3 is 5.32 Å². The number of carbonyl (C=O) groups is 1. The fourth-order valence-corrected chi connectivity index (χ4v) is 4.54. The molecule has 20 heavy (non-hydrogen) atoms. The summed E-state index contributed by atoms with van der Waals surface area (Å²) in [6.45, 7) is 4.20. The van der Waals surface area contributed by atoms with E-state index in [1.807, 2.05) is 24.3 Å². The molecule has 4 atom stereocenters. The normalized spacial score (nSPS) is 34.1. The summed E-state index contributed by atoms with van der Waals surface area (Å²) < 4.78 is 0. The Balaban J connectivity index is 2.00. The number of hydrogen-bond acceptors (Lipinski definition) is 4. The van der Waals surface area contributed by atoms with Gasteiger partial charge in [-0.05, 0) is 45.1 Å². The van der Waals surface area contributed by atoms with Crippen molar-refractivity contribution < 1.29 is 4.79 Å². The van der Waals surface area contributed by atoms with Crippen molar-refractivity contribution in [1.29, 1.82) is 0 Å². The van der Waals surface area contributed by atoms with Gasteiger partial charge in [-0.25, -0.2) is 4.98 Å². The molecule has 2 fully saturated rings. The molecule has 2 heterocycles. The first kappa shape index (κ1) is 14.0. The van der Waals surface area contributed by atoms with Gasteiger partial charge in [0.05, 0.1) is 11.0 Å². The first-order valence-electron chi connectivity index (χ1n) is 7.54. The molecule has 0 bridgehead atoms. The van der Waals surface area contributed by atoms with E-state index in [1.165, 1.54) is 12.8 Å². The molecule has 4 unspecified atom stereocenters. The van der Waals surface area contributed by atoms with Crippen LogP contribution in [0.15, 0.2) is 5.38 Å². The predicted octanol–water partition coefficient (Wildman–Crippen LogP) is 2.58. The smallest absolute Gasteiger partial charge is 0.245 e. The lowest BCUT2D eigenvalue weighted by molar-refractivity contribution is -0.121. The Morgan fingerprint density at radius 2 is 2.25 bits per heavy atom. The standard InChI is InChI=1S/C15H23N3OS/c1-9-7-11-5-4-6-12(11)18(15(19)14(9)16-3)13-8-20-10(2)17-13/h8-9,11-12,14,16H,4-7H2,1-3H3. The average molecular weight is 293 g/mol. The second-order valence-corrected chi connectivity index (χ2v) is 7.23. The van der Waals surface area contributed by atoms with Crippen molar-refractivity contribution in [3.8, 4) is 0 Å². The maximum atomic E-state index is 13.0. The molecular weight excluding hydrogens is 270 g/mol. The van der Waals surface area contributed by atoms with Crippen LogP contribution >= 0.6 is 11.3 Å². The lowest BCUT2D eigenvalue weighted by atomic mass is 9.90. The maximum Gasteiger partial charge on any atom is 0.245 e. The van der Waals surface area contributed by atoms with Gasteiger partial charge >= 0.3 is 0 Å². The minimum absolute atomic E-state index is 0.0809. The second kappa shape index (κ2) is 5.45. The van der Waals surface area contributed by atoms with Gasteiger partial charge in [-0.3, -0.25) is 9.69 Å². The van der Waals surface area contributed by atoms with E-state index in [9.17, 15) is 4.79 Å². The molecule has 1 saturated carbocycles. The van der Waals surface area contributed by atoms with Gasteiger partial charge in [-0.15, -0.1) is 11.3 Å². The van der Waals surface area contributed by atoms with Gasteiger partial charge in [0.15, 0.2) is 0 Å². The number of anilines is 1. The van der Waals surface area contributed by atoms with Crippen LogP contribution in [0.3, 0.4) is 0 Å².